The van der Waals surface area contributed by atoms with Gasteiger partial charge in [0.25, 0.3) is 0 Å². The number of nitrogen functional groups attached to an aromatic ring is 1. The minimum absolute atomic E-state index is 0.290. The van der Waals surface area contributed by atoms with Crippen molar-refractivity contribution in [3.05, 3.63) is 23.8 Å². The predicted octanol–water partition coefficient (Wildman–Crippen LogP) is 1.45. The molecule has 0 amide bonds. The molecule has 0 fully saturated rings. The maximum Gasteiger partial charge on any atom is 0.174 e. The fourth-order valence-corrected chi connectivity index (χ4v) is 0.765. The summed E-state index contributed by atoms with van der Waals surface area (Å²) in [6.07, 6.45) is 0. The van der Waals surface area contributed by atoms with Crippen LogP contribution in [0.25, 0.3) is 0 Å². The second-order valence-electron chi connectivity index (χ2n) is 2.25. The van der Waals surface area contributed by atoms with Gasteiger partial charge in [-0.25, -0.2) is 8.78 Å². The first-order valence-electron chi connectivity index (χ1n) is 3.39. The van der Waals surface area contributed by atoms with Crippen molar-refractivity contribution in [1.29, 1.82) is 5.26 Å². The topological polar surface area (TPSA) is 59.0 Å². The fourth-order valence-electron chi connectivity index (χ4n) is 0.765. The summed E-state index contributed by atoms with van der Waals surface area (Å²) in [4.78, 5) is 0. The van der Waals surface area contributed by atoms with Crippen molar-refractivity contribution in [1.82, 2.24) is 0 Å². The molecule has 2 N–H and O–H groups in total. The van der Waals surface area contributed by atoms with Crippen LogP contribution in [0.2, 0.25) is 0 Å². The van der Waals surface area contributed by atoms with Gasteiger partial charge in [-0.15, -0.1) is 0 Å². The summed E-state index contributed by atoms with van der Waals surface area (Å²) in [6, 6.07) is 3.25. The smallest absolute Gasteiger partial charge is 0.174 e. The summed E-state index contributed by atoms with van der Waals surface area (Å²) in [7, 11) is 0. The van der Waals surface area contributed by atoms with E-state index in [4.69, 9.17) is 11.0 Å². The van der Waals surface area contributed by atoms with E-state index in [0.717, 1.165) is 12.1 Å². The molecular weight excluding hydrogens is 178 g/mol. The van der Waals surface area contributed by atoms with Crippen LogP contribution in [0.1, 0.15) is 0 Å². The van der Waals surface area contributed by atoms with Crippen molar-refractivity contribution in [3.63, 3.8) is 0 Å². The Hall–Kier alpha value is -1.83. The highest BCUT2D eigenvalue weighted by atomic mass is 19.1. The summed E-state index contributed by atoms with van der Waals surface area (Å²) < 4.78 is 30.2. The van der Waals surface area contributed by atoms with Crippen LogP contribution in [-0.4, -0.2) is 6.61 Å². The molecule has 0 aromatic heterocycles. The molecule has 0 atom stereocenters. The zero-order valence-electron chi connectivity index (χ0n) is 6.55. The summed E-state index contributed by atoms with van der Waals surface area (Å²) in [5.74, 6) is -1.86. The minimum atomic E-state index is -0.783. The molecule has 0 spiro atoms. The number of nitriles is 1. The first-order chi connectivity index (χ1) is 6.15. The van der Waals surface area contributed by atoms with Crippen molar-refractivity contribution in [2.24, 2.45) is 0 Å². The molecule has 0 saturated heterocycles. The van der Waals surface area contributed by atoms with Crippen LogP contribution in [0.15, 0.2) is 12.1 Å². The number of anilines is 1. The SMILES string of the molecule is N#CCOc1cc(F)c(N)cc1F. The van der Waals surface area contributed by atoms with Crippen molar-refractivity contribution in [2.45, 2.75) is 0 Å². The average Bonchev–Trinajstić information content (AvgIpc) is 2.09. The predicted molar refractivity (Wildman–Crippen MR) is 41.9 cm³/mol. The third-order valence-corrected chi connectivity index (χ3v) is 1.34. The zero-order chi connectivity index (χ0) is 9.84. The van der Waals surface area contributed by atoms with Crippen LogP contribution in [-0.2, 0) is 0 Å². The molecule has 0 aliphatic heterocycles. The fraction of sp³-hybridized carbons (Fsp3) is 0.125. The molecule has 0 saturated carbocycles. The number of nitrogens with zero attached hydrogens (tertiary/aromatic N) is 1. The van der Waals surface area contributed by atoms with E-state index in [-0.39, 0.29) is 18.0 Å². The van der Waals surface area contributed by atoms with E-state index in [0.29, 0.717) is 0 Å². The van der Waals surface area contributed by atoms with Crippen LogP contribution < -0.4 is 10.5 Å². The summed E-state index contributed by atoms with van der Waals surface area (Å²) in [5.41, 5.74) is 4.79. The van der Waals surface area contributed by atoms with Gasteiger partial charge in [0.1, 0.15) is 11.9 Å². The lowest BCUT2D eigenvalue weighted by Gasteiger charge is -2.04. The quantitative estimate of drug-likeness (QED) is 0.707. The third kappa shape index (κ3) is 2.06. The lowest BCUT2D eigenvalue weighted by atomic mass is 10.3. The number of nitrogens with two attached hydrogens (primary N) is 1. The van der Waals surface area contributed by atoms with Gasteiger partial charge in [-0.1, -0.05) is 0 Å². The summed E-state index contributed by atoms with van der Waals surface area (Å²) >= 11 is 0. The molecule has 1 aromatic rings. The van der Waals surface area contributed by atoms with E-state index in [1.54, 1.807) is 6.07 Å². The number of benzene rings is 1. The molecule has 0 radical (unpaired) electrons. The second kappa shape index (κ2) is 3.72. The number of halogens is 2. The highest BCUT2D eigenvalue weighted by Crippen LogP contribution is 2.22. The molecule has 5 heteroatoms. The summed E-state index contributed by atoms with van der Waals surface area (Å²) in [6.45, 7) is -0.333. The largest absolute Gasteiger partial charge is 0.476 e. The van der Waals surface area contributed by atoms with Crippen LogP contribution in [0.4, 0.5) is 14.5 Å². The third-order valence-electron chi connectivity index (χ3n) is 1.34. The van der Waals surface area contributed by atoms with Gasteiger partial charge in [-0.2, -0.15) is 5.26 Å². The Morgan fingerprint density at radius 2 is 2.08 bits per heavy atom. The zero-order valence-corrected chi connectivity index (χ0v) is 6.55. The monoisotopic (exact) mass is 184 g/mol. The molecule has 1 rings (SSSR count). The molecular formula is C8H6F2N2O. The Kier molecular flexibility index (Phi) is 2.65. The van der Waals surface area contributed by atoms with Gasteiger partial charge in [0.2, 0.25) is 0 Å². The maximum absolute atomic E-state index is 12.9. The highest BCUT2D eigenvalue weighted by molar-refractivity contribution is 5.44. The second-order valence-corrected chi connectivity index (χ2v) is 2.25. The number of hydrogen-bond donors (Lipinski definition) is 1. The van der Waals surface area contributed by atoms with Gasteiger partial charge in [0.15, 0.2) is 18.2 Å². The maximum atomic E-state index is 12.9. The number of rotatable bonds is 2. The van der Waals surface area contributed by atoms with Gasteiger partial charge in [-0.3, -0.25) is 0 Å². The van der Waals surface area contributed by atoms with Crippen molar-refractivity contribution in [3.8, 4) is 11.8 Å². The van der Waals surface area contributed by atoms with Gasteiger partial charge >= 0.3 is 0 Å². The Bertz CT molecular complexity index is 360. The number of ether oxygens (including phenoxy) is 1. The van der Waals surface area contributed by atoms with Gasteiger partial charge in [-0.05, 0) is 0 Å². The van der Waals surface area contributed by atoms with E-state index >= 15 is 0 Å². The van der Waals surface area contributed by atoms with Crippen LogP contribution in [0.5, 0.6) is 5.75 Å². The van der Waals surface area contributed by atoms with Crippen molar-refractivity contribution < 1.29 is 13.5 Å². The molecule has 0 aliphatic carbocycles. The molecule has 13 heavy (non-hydrogen) atoms. The average molecular weight is 184 g/mol. The van der Waals surface area contributed by atoms with Crippen LogP contribution >= 0.6 is 0 Å². The Labute approximate surface area is 73.3 Å². The van der Waals surface area contributed by atoms with E-state index < -0.39 is 11.6 Å². The molecule has 0 unspecified atom stereocenters. The highest BCUT2D eigenvalue weighted by Gasteiger charge is 2.08. The lowest BCUT2D eigenvalue weighted by Crippen LogP contribution is -1.99. The standard InChI is InChI=1S/C8H6F2N2O/c9-5-4-8(13-2-1-11)6(10)3-7(5)12/h3-4H,2,12H2. The van der Waals surface area contributed by atoms with Crippen LogP contribution in [0.3, 0.4) is 0 Å². The minimum Gasteiger partial charge on any atom is -0.476 e. The number of hydrogen-bond acceptors (Lipinski definition) is 3. The van der Waals surface area contributed by atoms with E-state index in [2.05, 4.69) is 4.74 Å². The first-order valence-corrected chi connectivity index (χ1v) is 3.39. The lowest BCUT2D eigenvalue weighted by molar-refractivity contribution is 0.344. The van der Waals surface area contributed by atoms with Gasteiger partial charge in [0.05, 0.1) is 5.69 Å². The van der Waals surface area contributed by atoms with E-state index in [1.165, 1.54) is 0 Å². The Morgan fingerprint density at radius 3 is 2.69 bits per heavy atom. The summed E-state index contributed by atoms with van der Waals surface area (Å²) in [5, 5.41) is 8.13. The molecule has 0 aliphatic rings. The molecule has 3 nitrogen and oxygen atoms in total. The van der Waals surface area contributed by atoms with Gasteiger partial charge in [0, 0.05) is 12.1 Å². The van der Waals surface area contributed by atoms with E-state index in [9.17, 15) is 8.78 Å². The van der Waals surface area contributed by atoms with Crippen LogP contribution in [0, 0.1) is 23.0 Å². The van der Waals surface area contributed by atoms with Crippen molar-refractivity contribution >= 4 is 5.69 Å². The molecule has 68 valence electrons. The van der Waals surface area contributed by atoms with Crippen molar-refractivity contribution in [2.75, 3.05) is 12.3 Å². The first kappa shape index (κ1) is 9.26. The normalized spacial score (nSPS) is 9.31. The molecule has 1 aromatic carbocycles. The Morgan fingerprint density at radius 1 is 1.38 bits per heavy atom. The molecule has 0 bridgehead atoms. The van der Waals surface area contributed by atoms with E-state index in [1.807, 2.05) is 0 Å². The molecule has 0 heterocycles. The van der Waals surface area contributed by atoms with Gasteiger partial charge < -0.3 is 10.5 Å². The Balaban J connectivity index is 2.96.